The molecular formula is C23H28ClFN2O2S. The van der Waals surface area contributed by atoms with Crippen LogP contribution in [0.25, 0.3) is 0 Å². The molecule has 7 heteroatoms. The molecule has 1 N–H and O–H groups in total. The van der Waals surface area contributed by atoms with Crippen molar-refractivity contribution in [3.8, 4) is 0 Å². The number of hydrogen-bond donors (Lipinski definition) is 1. The van der Waals surface area contributed by atoms with Gasteiger partial charge in [-0.1, -0.05) is 49.7 Å². The third-order valence-electron chi connectivity index (χ3n) is 4.61. The number of nitrogens with one attached hydrogen (secondary N) is 1. The largest absolute Gasteiger partial charge is 0.354 e. The van der Waals surface area contributed by atoms with Crippen LogP contribution in [-0.4, -0.2) is 35.1 Å². The van der Waals surface area contributed by atoms with Crippen molar-refractivity contribution in [3.63, 3.8) is 0 Å². The quantitative estimate of drug-likeness (QED) is 0.521. The number of amides is 2. The average Bonchev–Trinajstić information content (AvgIpc) is 2.74. The summed E-state index contributed by atoms with van der Waals surface area (Å²) in [5.41, 5.74) is 1.87. The Kier molecular flexibility index (Phi) is 10.2. The van der Waals surface area contributed by atoms with Crippen LogP contribution in [0, 0.1) is 5.82 Å². The molecule has 0 aliphatic carbocycles. The zero-order chi connectivity index (χ0) is 21.9. The molecular weight excluding hydrogens is 423 g/mol. The molecule has 0 spiro atoms. The number of rotatable bonds is 11. The van der Waals surface area contributed by atoms with Gasteiger partial charge in [-0.15, -0.1) is 11.8 Å². The topological polar surface area (TPSA) is 49.4 Å². The normalized spacial score (nSPS) is 11.7. The second-order valence-electron chi connectivity index (χ2n) is 6.98. The molecule has 0 aliphatic heterocycles. The lowest BCUT2D eigenvalue weighted by Crippen LogP contribution is -2.49. The van der Waals surface area contributed by atoms with Gasteiger partial charge in [0.15, 0.2) is 0 Å². The lowest BCUT2D eigenvalue weighted by atomic mass is 10.1. The zero-order valence-electron chi connectivity index (χ0n) is 17.4. The van der Waals surface area contributed by atoms with Gasteiger partial charge in [-0.3, -0.25) is 9.59 Å². The predicted molar refractivity (Wildman–Crippen MR) is 122 cm³/mol. The number of halogens is 2. The highest BCUT2D eigenvalue weighted by Gasteiger charge is 2.28. The van der Waals surface area contributed by atoms with Gasteiger partial charge in [0.1, 0.15) is 11.9 Å². The summed E-state index contributed by atoms with van der Waals surface area (Å²) in [5, 5.41) is 3.56. The van der Waals surface area contributed by atoms with Crippen molar-refractivity contribution in [2.75, 3.05) is 12.3 Å². The van der Waals surface area contributed by atoms with Gasteiger partial charge in [-0.05, 0) is 48.2 Å². The molecule has 0 saturated heterocycles. The molecule has 1 atom stereocenters. The van der Waals surface area contributed by atoms with E-state index in [4.69, 9.17) is 11.6 Å². The lowest BCUT2D eigenvalue weighted by molar-refractivity contribution is -0.139. The summed E-state index contributed by atoms with van der Waals surface area (Å²) in [6, 6.07) is 13.0. The lowest BCUT2D eigenvalue weighted by Gasteiger charge is -2.30. The molecule has 0 radical (unpaired) electrons. The highest BCUT2D eigenvalue weighted by Crippen LogP contribution is 2.19. The van der Waals surface area contributed by atoms with Crippen molar-refractivity contribution in [2.45, 2.75) is 45.0 Å². The first kappa shape index (κ1) is 24.2. The molecule has 0 aliphatic rings. The highest BCUT2D eigenvalue weighted by atomic mass is 35.5. The van der Waals surface area contributed by atoms with E-state index < -0.39 is 6.04 Å². The van der Waals surface area contributed by atoms with E-state index in [1.165, 1.54) is 23.9 Å². The van der Waals surface area contributed by atoms with Crippen molar-refractivity contribution >= 4 is 35.2 Å². The monoisotopic (exact) mass is 450 g/mol. The summed E-state index contributed by atoms with van der Waals surface area (Å²) in [6.07, 6.45) is 1.33. The zero-order valence-corrected chi connectivity index (χ0v) is 18.9. The van der Waals surface area contributed by atoms with E-state index in [-0.39, 0.29) is 29.9 Å². The van der Waals surface area contributed by atoms with Gasteiger partial charge in [0.2, 0.25) is 11.8 Å². The third kappa shape index (κ3) is 7.65. The molecule has 0 bridgehead atoms. The van der Waals surface area contributed by atoms with Crippen molar-refractivity contribution in [1.82, 2.24) is 10.2 Å². The molecule has 2 aromatic carbocycles. The van der Waals surface area contributed by atoms with Crippen LogP contribution in [0.1, 0.15) is 37.8 Å². The van der Waals surface area contributed by atoms with E-state index in [9.17, 15) is 14.0 Å². The SMILES string of the molecule is CCCNC(=O)C(CC)N(Cc1ccc(F)cc1)C(=O)CSCc1ccc(Cl)cc1. The molecule has 2 aromatic rings. The van der Waals surface area contributed by atoms with E-state index in [0.29, 0.717) is 23.7 Å². The Hall–Kier alpha value is -2.05. The summed E-state index contributed by atoms with van der Waals surface area (Å²) in [7, 11) is 0. The average molecular weight is 451 g/mol. The molecule has 2 amide bonds. The number of nitrogens with zero attached hydrogens (tertiary/aromatic N) is 1. The summed E-state index contributed by atoms with van der Waals surface area (Å²) in [4.78, 5) is 27.3. The van der Waals surface area contributed by atoms with Crippen LogP contribution < -0.4 is 5.32 Å². The molecule has 2 rings (SSSR count). The minimum absolute atomic E-state index is 0.114. The summed E-state index contributed by atoms with van der Waals surface area (Å²) in [5.74, 6) is 0.324. The van der Waals surface area contributed by atoms with Crippen LogP contribution in [0.3, 0.4) is 0 Å². The Morgan fingerprint density at radius 3 is 2.30 bits per heavy atom. The maximum Gasteiger partial charge on any atom is 0.242 e. The van der Waals surface area contributed by atoms with Crippen LogP contribution in [0.15, 0.2) is 48.5 Å². The number of carbonyl (C=O) groups excluding carboxylic acids is 2. The summed E-state index contributed by atoms with van der Waals surface area (Å²) in [6.45, 7) is 4.70. The minimum atomic E-state index is -0.565. The highest BCUT2D eigenvalue weighted by molar-refractivity contribution is 7.99. The fourth-order valence-electron chi connectivity index (χ4n) is 2.99. The third-order valence-corrected chi connectivity index (χ3v) is 5.85. The van der Waals surface area contributed by atoms with Gasteiger partial charge in [-0.25, -0.2) is 4.39 Å². The Morgan fingerprint density at radius 1 is 1.07 bits per heavy atom. The molecule has 0 heterocycles. The first-order chi connectivity index (χ1) is 14.4. The van der Waals surface area contributed by atoms with Crippen LogP contribution in [0.2, 0.25) is 5.02 Å². The fraction of sp³-hybridized carbons (Fsp3) is 0.391. The Bertz CT molecular complexity index is 815. The summed E-state index contributed by atoms with van der Waals surface area (Å²) < 4.78 is 13.3. The van der Waals surface area contributed by atoms with Gasteiger partial charge in [0.25, 0.3) is 0 Å². The van der Waals surface area contributed by atoms with Crippen molar-refractivity contribution in [2.24, 2.45) is 0 Å². The van der Waals surface area contributed by atoms with Crippen molar-refractivity contribution in [1.29, 1.82) is 0 Å². The van der Waals surface area contributed by atoms with Crippen molar-refractivity contribution < 1.29 is 14.0 Å². The van der Waals surface area contributed by atoms with Gasteiger partial charge in [-0.2, -0.15) is 0 Å². The first-order valence-electron chi connectivity index (χ1n) is 10.1. The van der Waals surface area contributed by atoms with Crippen LogP contribution in [0.5, 0.6) is 0 Å². The predicted octanol–water partition coefficient (Wildman–Crippen LogP) is 5.05. The molecule has 30 heavy (non-hydrogen) atoms. The number of carbonyl (C=O) groups is 2. The smallest absolute Gasteiger partial charge is 0.242 e. The fourth-order valence-corrected chi connectivity index (χ4v) is 3.99. The van der Waals surface area contributed by atoms with E-state index in [2.05, 4.69) is 5.32 Å². The molecule has 0 fully saturated rings. The second-order valence-corrected chi connectivity index (χ2v) is 8.40. The second kappa shape index (κ2) is 12.6. The van der Waals surface area contributed by atoms with Gasteiger partial charge in [0.05, 0.1) is 5.75 Å². The number of benzene rings is 2. The maximum absolute atomic E-state index is 13.3. The minimum Gasteiger partial charge on any atom is -0.354 e. The number of thioether (sulfide) groups is 1. The first-order valence-corrected chi connectivity index (χ1v) is 11.6. The van der Waals surface area contributed by atoms with Crippen LogP contribution in [0.4, 0.5) is 4.39 Å². The maximum atomic E-state index is 13.3. The Morgan fingerprint density at radius 2 is 1.70 bits per heavy atom. The van der Waals surface area contributed by atoms with Crippen LogP contribution in [-0.2, 0) is 21.9 Å². The Labute approximate surface area is 187 Å². The van der Waals surface area contributed by atoms with Crippen molar-refractivity contribution in [3.05, 3.63) is 70.5 Å². The van der Waals surface area contributed by atoms with E-state index in [1.54, 1.807) is 17.0 Å². The van der Waals surface area contributed by atoms with E-state index in [1.807, 2.05) is 38.1 Å². The van der Waals surface area contributed by atoms with E-state index >= 15 is 0 Å². The molecule has 0 saturated carbocycles. The van der Waals surface area contributed by atoms with Gasteiger partial charge < -0.3 is 10.2 Å². The number of hydrogen-bond acceptors (Lipinski definition) is 3. The molecule has 1 unspecified atom stereocenters. The standard InChI is InChI=1S/C23H28ClFN2O2S/c1-3-13-26-23(29)21(4-2)27(14-17-7-11-20(25)12-8-17)22(28)16-30-15-18-5-9-19(24)10-6-18/h5-12,21H,3-4,13-16H2,1-2H3,(H,26,29). The summed E-state index contributed by atoms with van der Waals surface area (Å²) >= 11 is 7.41. The van der Waals surface area contributed by atoms with E-state index in [0.717, 1.165) is 17.5 Å². The molecule has 4 nitrogen and oxygen atoms in total. The van der Waals surface area contributed by atoms with Crippen LogP contribution >= 0.6 is 23.4 Å². The van der Waals surface area contributed by atoms with Gasteiger partial charge >= 0.3 is 0 Å². The van der Waals surface area contributed by atoms with Gasteiger partial charge in [0, 0.05) is 23.9 Å². The Balaban J connectivity index is 2.09. The molecule has 0 aromatic heterocycles. The molecule has 162 valence electrons.